The molecule has 12 heteroatoms. The van der Waals surface area contributed by atoms with Crippen LogP contribution in [-0.2, 0) is 24.5 Å². The van der Waals surface area contributed by atoms with Gasteiger partial charge >= 0.3 is 0 Å². The lowest BCUT2D eigenvalue weighted by atomic mass is 9.76. The average Bonchev–Trinajstić information content (AvgIpc) is 2.94. The van der Waals surface area contributed by atoms with Crippen molar-refractivity contribution in [3.8, 4) is 0 Å². The molecule has 0 unspecified atom stereocenters. The predicted molar refractivity (Wildman–Crippen MR) is 164 cm³/mol. The van der Waals surface area contributed by atoms with Gasteiger partial charge in [-0.3, -0.25) is 9.59 Å². The molecule has 0 bridgehead atoms. The van der Waals surface area contributed by atoms with Gasteiger partial charge in [-0.1, -0.05) is 72.3 Å². The van der Waals surface area contributed by atoms with E-state index in [0.717, 1.165) is 25.7 Å². The molecule has 42 heavy (non-hydrogen) atoms. The molecule has 0 aromatic carbocycles. The van der Waals surface area contributed by atoms with E-state index in [1.54, 1.807) is 0 Å². The van der Waals surface area contributed by atoms with Gasteiger partial charge in [0.2, 0.25) is 11.8 Å². The van der Waals surface area contributed by atoms with Crippen molar-refractivity contribution in [2.45, 2.75) is 110 Å². The molecular formula is C30H56N4O7S. The van der Waals surface area contributed by atoms with Crippen LogP contribution in [0.5, 0.6) is 0 Å². The number of nitrogens with zero attached hydrogens (tertiary/aromatic N) is 1. The molecule has 2 fully saturated rings. The van der Waals surface area contributed by atoms with Crippen LogP contribution in [0, 0.1) is 23.7 Å². The van der Waals surface area contributed by atoms with E-state index in [4.69, 9.17) is 4.74 Å². The molecule has 4 atom stereocenters. The van der Waals surface area contributed by atoms with Gasteiger partial charge in [0.15, 0.2) is 0 Å². The molecule has 1 saturated carbocycles. The number of aliphatic hydroxyl groups is 2. The van der Waals surface area contributed by atoms with Crippen molar-refractivity contribution >= 4 is 22.0 Å². The number of rotatable bonds is 18. The van der Waals surface area contributed by atoms with E-state index in [9.17, 15) is 28.2 Å². The largest absolute Gasteiger partial charge is 0.390 e. The molecule has 1 heterocycles. The monoisotopic (exact) mass is 616 g/mol. The van der Waals surface area contributed by atoms with Crippen molar-refractivity contribution in [2.24, 2.45) is 23.7 Å². The summed E-state index contributed by atoms with van der Waals surface area (Å²) in [5, 5.41) is 27.4. The van der Waals surface area contributed by atoms with Crippen molar-refractivity contribution < 1.29 is 33.0 Å². The topological polar surface area (TPSA) is 157 Å². The maximum atomic E-state index is 13.4. The lowest BCUT2D eigenvalue weighted by Gasteiger charge is -2.35. The molecule has 2 amide bonds. The smallest absolute Gasteiger partial charge is 0.280 e. The summed E-state index contributed by atoms with van der Waals surface area (Å²) in [6.45, 7) is 12.5. The van der Waals surface area contributed by atoms with Crippen LogP contribution in [0.2, 0.25) is 0 Å². The molecule has 0 aromatic heterocycles. The van der Waals surface area contributed by atoms with Crippen LogP contribution >= 0.6 is 0 Å². The third-order valence-electron chi connectivity index (χ3n) is 8.33. The fourth-order valence-electron chi connectivity index (χ4n) is 5.82. The Morgan fingerprint density at radius 1 is 1.00 bits per heavy atom. The second kappa shape index (κ2) is 18.3. The van der Waals surface area contributed by atoms with E-state index < -0.39 is 52.9 Å². The van der Waals surface area contributed by atoms with Crippen LogP contribution in [0.25, 0.3) is 0 Å². The van der Waals surface area contributed by atoms with E-state index in [1.165, 1.54) is 23.2 Å². The lowest BCUT2D eigenvalue weighted by Crippen LogP contribution is -2.56. The van der Waals surface area contributed by atoms with E-state index in [-0.39, 0.29) is 38.6 Å². The minimum absolute atomic E-state index is 0.117. The maximum absolute atomic E-state index is 13.4. The minimum atomic E-state index is -3.86. The van der Waals surface area contributed by atoms with Gasteiger partial charge in [-0.15, -0.1) is 6.58 Å². The first-order valence-corrected chi connectivity index (χ1v) is 17.2. The lowest BCUT2D eigenvalue weighted by molar-refractivity contribution is -0.130. The zero-order valence-electron chi connectivity index (χ0n) is 26.1. The maximum Gasteiger partial charge on any atom is 0.280 e. The molecule has 0 aromatic rings. The zero-order valence-corrected chi connectivity index (χ0v) is 26.9. The third-order valence-corrected chi connectivity index (χ3v) is 9.89. The van der Waals surface area contributed by atoms with Crippen molar-refractivity contribution in [1.29, 1.82) is 0 Å². The standard InChI is InChI=1S/C30H56N4O7S/c1-6-7-25(32-28(36)20-31-42(39,40)34-14-16-41-17-15-34)30(38)33-26(29(37)27(35)18-22(4)5)19-24-12-10-23(11-13-24)9-8-21(2)3/h6,21-27,29,31,35,37H,1,7-20H2,2-5H3,(H,32,36)(H,33,38)/t23?,24?,25-,26-,27-,29+/m0/s1. The van der Waals surface area contributed by atoms with E-state index in [2.05, 4.69) is 35.8 Å². The molecule has 0 spiro atoms. The number of hydrogen-bond donors (Lipinski definition) is 5. The molecule has 0 radical (unpaired) electrons. The Balaban J connectivity index is 2.02. The summed E-state index contributed by atoms with van der Waals surface area (Å²) < 4.78 is 33.7. The SMILES string of the molecule is C=CC[C@H](NC(=O)CNS(=O)(=O)N1CCOCC1)C(=O)N[C@@H](CC1CCC(CCC(C)C)CC1)[C@@H](O)[C@@H](O)CC(C)C. The van der Waals surface area contributed by atoms with Crippen molar-refractivity contribution in [2.75, 3.05) is 32.8 Å². The fourth-order valence-corrected chi connectivity index (χ4v) is 6.95. The van der Waals surface area contributed by atoms with Crippen LogP contribution in [0.15, 0.2) is 12.7 Å². The van der Waals surface area contributed by atoms with Gasteiger partial charge in [0.05, 0.1) is 31.9 Å². The molecule has 2 rings (SSSR count). The van der Waals surface area contributed by atoms with E-state index in [0.29, 0.717) is 30.6 Å². The molecule has 1 aliphatic carbocycles. The Morgan fingerprint density at radius 3 is 2.19 bits per heavy atom. The summed E-state index contributed by atoms with van der Waals surface area (Å²) in [5.41, 5.74) is 0. The third kappa shape index (κ3) is 13.0. The van der Waals surface area contributed by atoms with E-state index in [1.807, 2.05) is 13.8 Å². The number of amides is 2. The molecule has 1 saturated heterocycles. The number of nitrogens with one attached hydrogen (secondary N) is 3. The van der Waals surface area contributed by atoms with Gasteiger partial charge in [0, 0.05) is 13.1 Å². The quantitative estimate of drug-likeness (QED) is 0.148. The Bertz CT molecular complexity index is 932. The number of carbonyl (C=O) groups excluding carboxylic acids is 2. The zero-order chi connectivity index (χ0) is 31.3. The van der Waals surface area contributed by atoms with Crippen LogP contribution in [-0.4, -0.2) is 91.9 Å². The minimum Gasteiger partial charge on any atom is -0.390 e. The highest BCUT2D eigenvalue weighted by atomic mass is 32.2. The van der Waals surface area contributed by atoms with Crippen molar-refractivity contribution in [3.63, 3.8) is 0 Å². The highest BCUT2D eigenvalue weighted by Gasteiger charge is 2.34. The number of aliphatic hydroxyl groups excluding tert-OH is 2. The number of hydrogen-bond acceptors (Lipinski definition) is 7. The Hall–Kier alpha value is -1.57. The van der Waals surface area contributed by atoms with Crippen LogP contribution in [0.1, 0.15) is 85.5 Å². The van der Waals surface area contributed by atoms with Crippen molar-refractivity contribution in [3.05, 3.63) is 12.7 Å². The molecule has 244 valence electrons. The van der Waals surface area contributed by atoms with Gasteiger partial charge in [0.25, 0.3) is 10.2 Å². The van der Waals surface area contributed by atoms with Gasteiger partial charge in [-0.25, -0.2) is 0 Å². The van der Waals surface area contributed by atoms with Gasteiger partial charge in [-0.2, -0.15) is 17.4 Å². The number of carbonyl (C=O) groups is 2. The predicted octanol–water partition coefficient (Wildman–Crippen LogP) is 2.10. The van der Waals surface area contributed by atoms with Gasteiger partial charge < -0.3 is 25.6 Å². The van der Waals surface area contributed by atoms with Crippen LogP contribution in [0.3, 0.4) is 0 Å². The fraction of sp³-hybridized carbons (Fsp3) is 0.867. The second-order valence-electron chi connectivity index (χ2n) is 12.9. The normalized spacial score (nSPS) is 23.2. The highest BCUT2D eigenvalue weighted by Crippen LogP contribution is 2.35. The summed E-state index contributed by atoms with van der Waals surface area (Å²) >= 11 is 0. The first kappa shape index (κ1) is 36.6. The summed E-state index contributed by atoms with van der Waals surface area (Å²) in [6, 6.07) is -1.70. The first-order valence-electron chi connectivity index (χ1n) is 15.7. The number of ether oxygens (including phenoxy) is 1. The van der Waals surface area contributed by atoms with Crippen LogP contribution in [0.4, 0.5) is 0 Å². The molecule has 5 N–H and O–H groups in total. The van der Waals surface area contributed by atoms with Crippen LogP contribution < -0.4 is 15.4 Å². The summed E-state index contributed by atoms with van der Waals surface area (Å²) in [5.74, 6) is 0.705. The summed E-state index contributed by atoms with van der Waals surface area (Å²) in [7, 11) is -3.86. The number of morpholine rings is 1. The summed E-state index contributed by atoms with van der Waals surface area (Å²) in [6.07, 6.45) is 7.11. The molecule has 2 aliphatic rings. The molecule has 11 nitrogen and oxygen atoms in total. The van der Waals surface area contributed by atoms with Gasteiger partial charge in [0.1, 0.15) is 12.1 Å². The first-order chi connectivity index (χ1) is 19.8. The Kier molecular flexibility index (Phi) is 15.9. The van der Waals surface area contributed by atoms with Crippen molar-refractivity contribution in [1.82, 2.24) is 19.7 Å². The Morgan fingerprint density at radius 2 is 1.62 bits per heavy atom. The average molecular weight is 617 g/mol. The second-order valence-corrected chi connectivity index (χ2v) is 14.6. The van der Waals surface area contributed by atoms with E-state index >= 15 is 0 Å². The molecular weight excluding hydrogens is 560 g/mol. The summed E-state index contributed by atoms with van der Waals surface area (Å²) in [4.78, 5) is 26.1. The highest BCUT2D eigenvalue weighted by molar-refractivity contribution is 7.87. The Labute approximate surface area is 253 Å². The molecule has 1 aliphatic heterocycles. The van der Waals surface area contributed by atoms with Gasteiger partial charge in [-0.05, 0) is 42.9 Å².